The van der Waals surface area contributed by atoms with Crippen molar-refractivity contribution in [2.24, 2.45) is 0 Å². The summed E-state index contributed by atoms with van der Waals surface area (Å²) in [5.41, 5.74) is 0. The normalized spacial score (nSPS) is 7.71. The Morgan fingerprint density at radius 1 is 1.50 bits per heavy atom. The summed E-state index contributed by atoms with van der Waals surface area (Å²) < 4.78 is 4.01. The van der Waals surface area contributed by atoms with E-state index in [9.17, 15) is 0 Å². The molecule has 0 atom stereocenters. The van der Waals surface area contributed by atoms with Crippen LogP contribution in [0.15, 0.2) is 16.2 Å². The minimum absolute atomic E-state index is 0.147. The molecule has 1 N–H and O–H groups in total. The van der Waals surface area contributed by atoms with Gasteiger partial charge >= 0.3 is 65.6 Å². The molecule has 1 aromatic rings. The van der Waals surface area contributed by atoms with Crippen LogP contribution in [0, 0.1) is 0 Å². The van der Waals surface area contributed by atoms with E-state index in [1.54, 1.807) is 3.58 Å². The van der Waals surface area contributed by atoms with Crippen LogP contribution in [0.1, 0.15) is 24.4 Å². The Morgan fingerprint density at radius 2 is 2.07 bits per heavy atom. The molecule has 0 aliphatic carbocycles. The number of likely N-dealkylation sites (N-methyl/N-ethyl adjacent to an activating group) is 1. The van der Waals surface area contributed by atoms with Crippen LogP contribution in [0.3, 0.4) is 0 Å². The first-order valence-corrected chi connectivity index (χ1v) is 7.43. The molecule has 0 aromatic carbocycles. The third-order valence-electron chi connectivity index (χ3n) is 1.20. The summed E-state index contributed by atoms with van der Waals surface area (Å²) in [6, 6.07) is 4.45. The minimum atomic E-state index is 0.147. The van der Waals surface area contributed by atoms with Crippen molar-refractivity contribution in [1.29, 1.82) is 0 Å². The van der Waals surface area contributed by atoms with E-state index in [2.05, 4.69) is 21.5 Å². The van der Waals surface area contributed by atoms with E-state index in [0.29, 0.717) is 0 Å². The summed E-state index contributed by atoms with van der Waals surface area (Å²) in [5.74, 6) is 0. The molecule has 1 aromatic heterocycles. The molecule has 1 heterocycles. The number of rotatable bonds is 3. The van der Waals surface area contributed by atoms with Gasteiger partial charge < -0.3 is 4.79 Å². The Morgan fingerprint density at radius 3 is 2.43 bits per heavy atom. The monoisotopic (exact) mass is 313 g/mol. The predicted octanol–water partition coefficient (Wildman–Crippen LogP) is 1.74. The average Bonchev–Trinajstić information content (AvgIpc) is 2.72. The second kappa shape index (κ2) is 15.4. The predicted molar refractivity (Wildman–Crippen MR) is 64.1 cm³/mol. The Bertz CT molecular complexity index is 185. The van der Waals surface area contributed by atoms with Gasteiger partial charge in [-0.15, -0.1) is 0 Å². The van der Waals surface area contributed by atoms with Crippen molar-refractivity contribution in [1.82, 2.24) is 5.32 Å². The van der Waals surface area contributed by atoms with Crippen LogP contribution < -0.4 is 5.32 Å². The van der Waals surface area contributed by atoms with Crippen LogP contribution in [0.5, 0.6) is 0 Å². The third-order valence-corrected chi connectivity index (χ3v) is 3.87. The van der Waals surface area contributed by atoms with Gasteiger partial charge in [0.05, 0.1) is 0 Å². The van der Waals surface area contributed by atoms with Crippen molar-refractivity contribution in [3.05, 3.63) is 19.8 Å². The van der Waals surface area contributed by atoms with Crippen LogP contribution in [0.25, 0.3) is 0 Å². The van der Waals surface area contributed by atoms with E-state index < -0.39 is 0 Å². The molecule has 2 nitrogen and oxygen atoms in total. The van der Waals surface area contributed by atoms with Crippen LogP contribution in [0.4, 0.5) is 0 Å². The van der Waals surface area contributed by atoms with E-state index in [4.69, 9.17) is 4.79 Å². The van der Waals surface area contributed by atoms with Crippen molar-refractivity contribution in [2.75, 3.05) is 13.6 Å². The summed E-state index contributed by atoms with van der Waals surface area (Å²) in [7, 11) is 2.00. The molecule has 0 unspecified atom stereocenters. The van der Waals surface area contributed by atoms with Crippen LogP contribution in [-0.2, 0) is 11.2 Å². The standard InChI is InChI=1S/C7H11NTe.C2H4O.C2H6/c1-8-5-4-7-3-2-6-9-7;1-2-3;1-2/h2-3,6,8H,4-5H2,1H3;2H,1H3;1-2H3. The summed E-state index contributed by atoms with van der Waals surface area (Å²) in [4.78, 5) is 8.81. The second-order valence-electron chi connectivity index (χ2n) is 2.17. The van der Waals surface area contributed by atoms with Gasteiger partial charge in [0.15, 0.2) is 0 Å². The number of hydrogen-bond acceptors (Lipinski definition) is 2. The number of carbonyl (C=O) groups excluding carboxylic acids is 1. The first-order valence-electron chi connectivity index (χ1n) is 4.92. The molecule has 0 amide bonds. The zero-order valence-electron chi connectivity index (χ0n) is 9.54. The molecule has 3 heteroatoms. The topological polar surface area (TPSA) is 29.1 Å². The van der Waals surface area contributed by atoms with E-state index in [0.717, 1.165) is 12.8 Å². The fraction of sp³-hybridized carbons (Fsp3) is 0.545. The van der Waals surface area contributed by atoms with Gasteiger partial charge in [-0.25, -0.2) is 0 Å². The van der Waals surface area contributed by atoms with E-state index in [1.807, 2.05) is 20.9 Å². The van der Waals surface area contributed by atoms with Gasteiger partial charge in [-0.2, -0.15) is 0 Å². The first-order chi connectivity index (χ1) is 6.85. The van der Waals surface area contributed by atoms with Crippen LogP contribution in [0.2, 0.25) is 0 Å². The van der Waals surface area contributed by atoms with Crippen molar-refractivity contribution in [3.63, 3.8) is 0 Å². The maximum atomic E-state index is 8.81. The number of aldehydes is 1. The Balaban J connectivity index is 0. The van der Waals surface area contributed by atoms with Gasteiger partial charge in [-0.05, 0) is 6.92 Å². The Labute approximate surface area is 97.3 Å². The van der Waals surface area contributed by atoms with Crippen molar-refractivity contribution < 1.29 is 4.79 Å². The van der Waals surface area contributed by atoms with E-state index in [1.165, 1.54) is 13.3 Å². The van der Waals surface area contributed by atoms with Crippen molar-refractivity contribution in [2.45, 2.75) is 27.2 Å². The van der Waals surface area contributed by atoms with Crippen molar-refractivity contribution >= 4 is 26.7 Å². The molecule has 0 fully saturated rings. The molecule has 0 aliphatic heterocycles. The third kappa shape index (κ3) is 11.9. The summed E-state index contributed by atoms with van der Waals surface area (Å²) in [5, 5.41) is 3.15. The summed E-state index contributed by atoms with van der Waals surface area (Å²) in [6.07, 6.45) is 2.01. The van der Waals surface area contributed by atoms with Crippen molar-refractivity contribution in [3.8, 4) is 0 Å². The van der Waals surface area contributed by atoms with Gasteiger partial charge in [0, 0.05) is 0 Å². The molecule has 0 bridgehead atoms. The Hall–Kier alpha value is -0.100. The Kier molecular flexibility index (Phi) is 17.9. The molecular formula is C11H21NOTe. The molecule has 0 radical (unpaired) electrons. The fourth-order valence-electron chi connectivity index (χ4n) is 0.703. The zero-order valence-corrected chi connectivity index (χ0v) is 11.9. The fourth-order valence-corrected chi connectivity index (χ4v) is 2.73. The van der Waals surface area contributed by atoms with E-state index >= 15 is 0 Å². The number of nitrogens with one attached hydrogen (secondary N) is 1. The molecule has 14 heavy (non-hydrogen) atoms. The molecular weight excluding hydrogens is 290 g/mol. The summed E-state index contributed by atoms with van der Waals surface area (Å²) >= 11 is 0.147. The maximum absolute atomic E-state index is 8.81. The molecule has 0 spiro atoms. The number of carbonyl (C=O) groups is 1. The molecule has 1 rings (SSSR count). The molecule has 0 saturated carbocycles. The van der Waals surface area contributed by atoms with Gasteiger partial charge in [-0.3, -0.25) is 0 Å². The van der Waals surface area contributed by atoms with Crippen LogP contribution in [-0.4, -0.2) is 40.3 Å². The molecule has 82 valence electrons. The van der Waals surface area contributed by atoms with Crippen LogP contribution >= 0.6 is 0 Å². The van der Waals surface area contributed by atoms with Gasteiger partial charge in [-0.1, -0.05) is 13.8 Å². The van der Waals surface area contributed by atoms with Gasteiger partial charge in [0.1, 0.15) is 6.29 Å². The second-order valence-corrected chi connectivity index (χ2v) is 5.11. The summed E-state index contributed by atoms with van der Waals surface area (Å²) in [6.45, 7) is 6.58. The van der Waals surface area contributed by atoms with E-state index in [-0.39, 0.29) is 20.4 Å². The SMILES string of the molecule is CC.CC=O.CNCCc1ccc[te]1. The van der Waals surface area contributed by atoms with Gasteiger partial charge in [0.2, 0.25) is 0 Å². The molecule has 0 aliphatic rings. The van der Waals surface area contributed by atoms with Gasteiger partial charge in [0.25, 0.3) is 0 Å². The zero-order chi connectivity index (χ0) is 11.2. The number of hydrogen-bond donors (Lipinski definition) is 1. The average molecular weight is 311 g/mol. The quantitative estimate of drug-likeness (QED) is 0.680. The first kappa shape index (κ1) is 16.3. The molecule has 0 saturated heterocycles.